The Morgan fingerprint density at radius 3 is 2.52 bits per heavy atom. The van der Waals surface area contributed by atoms with Crippen LogP contribution >= 0.6 is 0 Å². The number of carbonyl (C=O) groups is 1. The van der Waals surface area contributed by atoms with E-state index in [0.717, 1.165) is 27.9 Å². The SMILES string of the molecule is O=C(O)c1ccc2c(c1)[C@@H]1O[C@H]2c2ccc(-n3cccn3)cc21. The van der Waals surface area contributed by atoms with Gasteiger partial charge in [0.05, 0.1) is 11.3 Å². The fourth-order valence-corrected chi connectivity index (χ4v) is 3.53. The Balaban J connectivity index is 1.64. The first kappa shape index (κ1) is 12.6. The number of fused-ring (bicyclic) bond motifs is 8. The lowest BCUT2D eigenvalue weighted by molar-refractivity contribution is 0.0696. The van der Waals surface area contributed by atoms with Crippen molar-refractivity contribution in [3.63, 3.8) is 0 Å². The summed E-state index contributed by atoms with van der Waals surface area (Å²) in [5.41, 5.74) is 5.55. The van der Waals surface area contributed by atoms with Gasteiger partial charge in [-0.2, -0.15) is 5.10 Å². The summed E-state index contributed by atoms with van der Waals surface area (Å²) < 4.78 is 7.90. The fraction of sp³-hybridized carbons (Fsp3) is 0.111. The van der Waals surface area contributed by atoms with Gasteiger partial charge >= 0.3 is 5.97 Å². The zero-order chi connectivity index (χ0) is 15.6. The van der Waals surface area contributed by atoms with Crippen LogP contribution < -0.4 is 0 Å². The Labute approximate surface area is 131 Å². The van der Waals surface area contributed by atoms with Crippen LogP contribution in [0.2, 0.25) is 0 Å². The minimum Gasteiger partial charge on any atom is -0.478 e. The molecule has 0 radical (unpaired) electrons. The van der Waals surface area contributed by atoms with Gasteiger partial charge in [-0.1, -0.05) is 12.1 Å². The third-order valence-electron chi connectivity index (χ3n) is 4.58. The molecule has 5 nitrogen and oxygen atoms in total. The van der Waals surface area contributed by atoms with Crippen LogP contribution in [0.5, 0.6) is 0 Å². The van der Waals surface area contributed by atoms with Crippen molar-refractivity contribution in [2.45, 2.75) is 12.2 Å². The molecule has 3 heterocycles. The van der Waals surface area contributed by atoms with E-state index in [0.29, 0.717) is 5.56 Å². The Morgan fingerprint density at radius 2 is 1.78 bits per heavy atom. The van der Waals surface area contributed by atoms with Crippen molar-refractivity contribution in [3.05, 3.63) is 82.7 Å². The summed E-state index contributed by atoms with van der Waals surface area (Å²) >= 11 is 0. The molecule has 2 bridgehead atoms. The summed E-state index contributed by atoms with van der Waals surface area (Å²) in [5, 5.41) is 13.5. The molecular formula is C18H12N2O3. The van der Waals surface area contributed by atoms with Crippen LogP contribution in [0, 0.1) is 0 Å². The maximum atomic E-state index is 11.2. The van der Waals surface area contributed by atoms with Gasteiger partial charge in [0.15, 0.2) is 0 Å². The molecule has 0 saturated carbocycles. The monoisotopic (exact) mass is 304 g/mol. The second-order valence-electron chi connectivity index (χ2n) is 5.81. The van der Waals surface area contributed by atoms with E-state index in [-0.39, 0.29) is 12.2 Å². The van der Waals surface area contributed by atoms with Gasteiger partial charge in [0.2, 0.25) is 0 Å². The molecule has 2 aromatic carbocycles. The minimum atomic E-state index is -0.916. The van der Waals surface area contributed by atoms with E-state index in [1.165, 1.54) is 0 Å². The van der Waals surface area contributed by atoms with E-state index < -0.39 is 5.97 Å². The van der Waals surface area contributed by atoms with Gasteiger partial charge in [0.1, 0.15) is 12.2 Å². The second kappa shape index (κ2) is 4.30. The number of rotatable bonds is 2. The highest BCUT2D eigenvalue weighted by Gasteiger charge is 2.43. The molecule has 0 saturated heterocycles. The van der Waals surface area contributed by atoms with E-state index in [1.807, 2.05) is 24.4 Å². The van der Waals surface area contributed by atoms with Crippen LogP contribution in [-0.4, -0.2) is 20.9 Å². The van der Waals surface area contributed by atoms with Gasteiger partial charge in [-0.15, -0.1) is 0 Å². The van der Waals surface area contributed by atoms with Crippen LogP contribution in [0.25, 0.3) is 5.69 Å². The Kier molecular flexibility index (Phi) is 2.36. The van der Waals surface area contributed by atoms with Gasteiger partial charge < -0.3 is 9.84 Å². The van der Waals surface area contributed by atoms with Crippen molar-refractivity contribution in [3.8, 4) is 5.69 Å². The average molecular weight is 304 g/mol. The van der Waals surface area contributed by atoms with E-state index >= 15 is 0 Å². The van der Waals surface area contributed by atoms with Crippen molar-refractivity contribution in [2.24, 2.45) is 0 Å². The number of nitrogens with zero attached hydrogens (tertiary/aromatic N) is 2. The minimum absolute atomic E-state index is 0.0977. The summed E-state index contributed by atoms with van der Waals surface area (Å²) in [6.45, 7) is 0. The molecule has 1 N–H and O–H groups in total. The van der Waals surface area contributed by atoms with Gasteiger partial charge in [0, 0.05) is 12.4 Å². The summed E-state index contributed by atoms with van der Waals surface area (Å²) in [7, 11) is 0. The Morgan fingerprint density at radius 1 is 1.04 bits per heavy atom. The molecule has 2 aliphatic heterocycles. The number of aromatic nitrogens is 2. The largest absolute Gasteiger partial charge is 0.478 e. The summed E-state index contributed by atoms with van der Waals surface area (Å²) in [4.78, 5) is 11.2. The summed E-state index contributed by atoms with van der Waals surface area (Å²) in [5.74, 6) is -0.916. The molecule has 3 aromatic rings. The molecule has 0 amide bonds. The number of hydrogen-bond donors (Lipinski definition) is 1. The first-order valence-electron chi connectivity index (χ1n) is 7.39. The summed E-state index contributed by atoms with van der Waals surface area (Å²) in [6.07, 6.45) is 3.34. The van der Waals surface area contributed by atoms with Crippen molar-refractivity contribution in [2.75, 3.05) is 0 Å². The third kappa shape index (κ3) is 1.65. The highest BCUT2D eigenvalue weighted by Crippen LogP contribution is 2.54. The van der Waals surface area contributed by atoms with Gasteiger partial charge in [-0.3, -0.25) is 0 Å². The quantitative estimate of drug-likeness (QED) is 0.790. The Hall–Kier alpha value is -2.92. The first-order chi connectivity index (χ1) is 11.2. The van der Waals surface area contributed by atoms with Gasteiger partial charge in [-0.05, 0) is 52.6 Å². The number of ether oxygens (including phenoxy) is 1. The van der Waals surface area contributed by atoms with E-state index in [4.69, 9.17) is 4.74 Å². The molecule has 5 heteroatoms. The lowest BCUT2D eigenvalue weighted by Crippen LogP contribution is -2.07. The molecule has 0 fully saturated rings. The topological polar surface area (TPSA) is 64.3 Å². The normalized spacial score (nSPS) is 20.3. The summed E-state index contributed by atoms with van der Waals surface area (Å²) in [6, 6.07) is 13.3. The molecule has 112 valence electrons. The lowest BCUT2D eigenvalue weighted by Gasteiger charge is -2.17. The third-order valence-corrected chi connectivity index (χ3v) is 4.58. The molecule has 23 heavy (non-hydrogen) atoms. The van der Waals surface area contributed by atoms with E-state index in [1.54, 1.807) is 23.0 Å². The average Bonchev–Trinajstić information content (AvgIpc) is 3.29. The van der Waals surface area contributed by atoms with E-state index in [9.17, 15) is 9.90 Å². The lowest BCUT2D eigenvalue weighted by atomic mass is 9.85. The van der Waals surface area contributed by atoms with Gasteiger partial charge in [0.25, 0.3) is 0 Å². The second-order valence-corrected chi connectivity index (χ2v) is 5.81. The van der Waals surface area contributed by atoms with Crippen LogP contribution in [0.15, 0.2) is 54.9 Å². The smallest absolute Gasteiger partial charge is 0.335 e. The predicted octanol–water partition coefficient (Wildman–Crippen LogP) is 3.09. The number of benzene rings is 2. The molecule has 0 spiro atoms. The van der Waals surface area contributed by atoms with Crippen molar-refractivity contribution >= 4 is 5.97 Å². The molecule has 0 unspecified atom stereocenters. The molecule has 0 aliphatic carbocycles. The zero-order valence-corrected chi connectivity index (χ0v) is 12.0. The van der Waals surface area contributed by atoms with Crippen LogP contribution in [0.1, 0.15) is 44.8 Å². The zero-order valence-electron chi connectivity index (χ0n) is 12.0. The van der Waals surface area contributed by atoms with Crippen molar-refractivity contribution in [1.82, 2.24) is 9.78 Å². The van der Waals surface area contributed by atoms with Crippen LogP contribution in [0.3, 0.4) is 0 Å². The van der Waals surface area contributed by atoms with Crippen molar-refractivity contribution < 1.29 is 14.6 Å². The number of hydrogen-bond acceptors (Lipinski definition) is 3. The first-order valence-corrected chi connectivity index (χ1v) is 7.39. The predicted molar refractivity (Wildman–Crippen MR) is 81.7 cm³/mol. The van der Waals surface area contributed by atoms with Crippen LogP contribution in [0.4, 0.5) is 0 Å². The molecule has 2 aliphatic rings. The molecule has 2 atom stereocenters. The fourth-order valence-electron chi connectivity index (χ4n) is 3.53. The maximum absolute atomic E-state index is 11.2. The van der Waals surface area contributed by atoms with E-state index in [2.05, 4.69) is 17.2 Å². The Bertz CT molecular complexity index is 947. The van der Waals surface area contributed by atoms with Crippen LogP contribution in [-0.2, 0) is 4.74 Å². The number of carboxylic acid groups (broad SMARTS) is 1. The maximum Gasteiger partial charge on any atom is 0.335 e. The number of aromatic carboxylic acids is 1. The highest BCUT2D eigenvalue weighted by molar-refractivity contribution is 5.88. The highest BCUT2D eigenvalue weighted by atomic mass is 16.5. The number of carboxylic acids is 1. The molecular weight excluding hydrogens is 292 g/mol. The standard InChI is InChI=1S/C18H12N2O3/c21-18(22)10-2-4-12-14(8-10)17-15-9-11(20-7-1-6-19-20)3-5-13(15)16(12)23-17/h1-9,16-17H,(H,21,22)/t16-,17+/m1/s1. The molecule has 1 aromatic heterocycles. The van der Waals surface area contributed by atoms with Crippen molar-refractivity contribution in [1.29, 1.82) is 0 Å². The van der Waals surface area contributed by atoms with Gasteiger partial charge in [-0.25, -0.2) is 9.48 Å². The molecule has 5 rings (SSSR count).